The Balaban J connectivity index is 2.55. The first-order chi connectivity index (χ1) is 7.54. The molecule has 2 N–H and O–H groups in total. The number of nitrogens with zero attached hydrogens (tertiary/aromatic N) is 1. The minimum Gasteiger partial charge on any atom is -0.476 e. The summed E-state index contributed by atoms with van der Waals surface area (Å²) in [6.45, 7) is 6.93. The molecule has 1 rings (SSSR count). The Morgan fingerprint density at radius 1 is 1.69 bits per heavy atom. The van der Waals surface area contributed by atoms with Crippen molar-refractivity contribution in [3.63, 3.8) is 0 Å². The fourth-order valence-corrected chi connectivity index (χ4v) is 2.06. The molecule has 0 saturated carbocycles. The van der Waals surface area contributed by atoms with E-state index < -0.39 is 5.97 Å². The van der Waals surface area contributed by atoms with Crippen molar-refractivity contribution in [3.8, 4) is 0 Å². The number of carboxylic acid groups (broad SMARTS) is 1. The third kappa shape index (κ3) is 3.46. The lowest BCUT2D eigenvalue weighted by Crippen LogP contribution is -2.19. The maximum absolute atomic E-state index is 10.8. The Kier molecular flexibility index (Phi) is 4.70. The van der Waals surface area contributed by atoms with Crippen molar-refractivity contribution >= 4 is 22.4 Å². The SMILES string of the molecule is CCOC(C)CNc1nc(C(=O)O)c(C)s1. The lowest BCUT2D eigenvalue weighted by molar-refractivity contribution is 0.0690. The van der Waals surface area contributed by atoms with E-state index in [1.165, 1.54) is 11.3 Å². The van der Waals surface area contributed by atoms with Gasteiger partial charge in [0.05, 0.1) is 6.10 Å². The zero-order valence-corrected chi connectivity index (χ0v) is 10.4. The molecule has 0 radical (unpaired) electrons. The van der Waals surface area contributed by atoms with E-state index in [2.05, 4.69) is 10.3 Å². The van der Waals surface area contributed by atoms with Gasteiger partial charge in [-0.15, -0.1) is 11.3 Å². The Morgan fingerprint density at radius 2 is 2.38 bits per heavy atom. The highest BCUT2D eigenvalue weighted by Crippen LogP contribution is 2.21. The van der Waals surface area contributed by atoms with Gasteiger partial charge in [-0.05, 0) is 20.8 Å². The van der Waals surface area contributed by atoms with Gasteiger partial charge in [0, 0.05) is 18.0 Å². The highest BCUT2D eigenvalue weighted by molar-refractivity contribution is 7.15. The van der Waals surface area contributed by atoms with E-state index >= 15 is 0 Å². The summed E-state index contributed by atoms with van der Waals surface area (Å²) < 4.78 is 5.35. The molecule has 0 amide bonds. The van der Waals surface area contributed by atoms with Crippen LogP contribution in [0.5, 0.6) is 0 Å². The second kappa shape index (κ2) is 5.81. The number of nitrogens with one attached hydrogen (secondary N) is 1. The second-order valence-electron chi connectivity index (χ2n) is 3.38. The van der Waals surface area contributed by atoms with Crippen LogP contribution in [0.25, 0.3) is 0 Å². The van der Waals surface area contributed by atoms with Crippen molar-refractivity contribution in [1.29, 1.82) is 0 Å². The number of rotatable bonds is 6. The molecule has 5 nitrogen and oxygen atoms in total. The van der Waals surface area contributed by atoms with Crippen LogP contribution < -0.4 is 5.32 Å². The topological polar surface area (TPSA) is 71.5 Å². The van der Waals surface area contributed by atoms with Gasteiger partial charge in [0.1, 0.15) is 0 Å². The van der Waals surface area contributed by atoms with Crippen LogP contribution >= 0.6 is 11.3 Å². The quantitative estimate of drug-likeness (QED) is 0.800. The minimum absolute atomic E-state index is 0.0856. The van der Waals surface area contributed by atoms with Crippen LogP contribution in [0, 0.1) is 6.92 Å². The summed E-state index contributed by atoms with van der Waals surface area (Å²) in [7, 11) is 0. The predicted octanol–water partition coefficient (Wildman–Crippen LogP) is 1.99. The van der Waals surface area contributed by atoms with Crippen LogP contribution in [0.3, 0.4) is 0 Å². The van der Waals surface area contributed by atoms with Crippen LogP contribution in [0.15, 0.2) is 0 Å². The van der Waals surface area contributed by atoms with Gasteiger partial charge in [-0.1, -0.05) is 0 Å². The summed E-state index contributed by atoms with van der Waals surface area (Å²) in [5.41, 5.74) is 0.122. The molecule has 0 fully saturated rings. The second-order valence-corrected chi connectivity index (χ2v) is 4.58. The first kappa shape index (κ1) is 12.9. The molecule has 6 heteroatoms. The summed E-state index contributed by atoms with van der Waals surface area (Å²) in [6.07, 6.45) is 0.0856. The molecule has 0 aliphatic heterocycles. The van der Waals surface area contributed by atoms with Gasteiger partial charge in [0.2, 0.25) is 0 Å². The standard InChI is InChI=1S/C10H16N2O3S/c1-4-15-6(2)5-11-10-12-8(9(13)14)7(3)16-10/h6H,4-5H2,1-3H3,(H,11,12)(H,13,14). The number of anilines is 1. The van der Waals surface area contributed by atoms with Gasteiger partial charge in [-0.3, -0.25) is 0 Å². The van der Waals surface area contributed by atoms with Crippen molar-refractivity contribution in [3.05, 3.63) is 10.6 Å². The van der Waals surface area contributed by atoms with Gasteiger partial charge in [-0.25, -0.2) is 9.78 Å². The molecule has 90 valence electrons. The molecule has 1 heterocycles. The van der Waals surface area contributed by atoms with Gasteiger partial charge in [-0.2, -0.15) is 0 Å². The number of thiazole rings is 1. The van der Waals surface area contributed by atoms with Crippen LogP contribution in [-0.2, 0) is 4.74 Å². The molecule has 0 aliphatic carbocycles. The number of ether oxygens (including phenoxy) is 1. The normalized spacial score (nSPS) is 12.4. The molecule has 16 heavy (non-hydrogen) atoms. The van der Waals surface area contributed by atoms with E-state index in [0.29, 0.717) is 23.2 Å². The number of aryl methyl sites for hydroxylation is 1. The van der Waals surface area contributed by atoms with Crippen molar-refractivity contribution in [2.24, 2.45) is 0 Å². The molecule has 0 aromatic carbocycles. The lowest BCUT2D eigenvalue weighted by Gasteiger charge is -2.11. The van der Waals surface area contributed by atoms with E-state index in [1.54, 1.807) is 6.92 Å². The third-order valence-electron chi connectivity index (χ3n) is 1.99. The minimum atomic E-state index is -0.986. The summed E-state index contributed by atoms with van der Waals surface area (Å²) >= 11 is 1.34. The molecule has 0 aliphatic rings. The number of carbonyl (C=O) groups is 1. The largest absolute Gasteiger partial charge is 0.476 e. The summed E-state index contributed by atoms with van der Waals surface area (Å²) in [4.78, 5) is 15.5. The van der Waals surface area contributed by atoms with Crippen LogP contribution in [0.4, 0.5) is 5.13 Å². The highest BCUT2D eigenvalue weighted by atomic mass is 32.1. The molecule has 1 aromatic heterocycles. The fraction of sp³-hybridized carbons (Fsp3) is 0.600. The van der Waals surface area contributed by atoms with Gasteiger partial charge in [0.25, 0.3) is 0 Å². The molecule has 1 aromatic rings. The first-order valence-electron chi connectivity index (χ1n) is 5.10. The van der Waals surface area contributed by atoms with Gasteiger partial charge >= 0.3 is 5.97 Å². The van der Waals surface area contributed by atoms with Crippen molar-refractivity contribution < 1.29 is 14.6 Å². The predicted molar refractivity (Wildman–Crippen MR) is 63.4 cm³/mol. The van der Waals surface area contributed by atoms with Crippen LogP contribution in [0.2, 0.25) is 0 Å². The third-order valence-corrected chi connectivity index (χ3v) is 2.92. The average molecular weight is 244 g/mol. The summed E-state index contributed by atoms with van der Waals surface area (Å²) in [5, 5.41) is 12.5. The first-order valence-corrected chi connectivity index (χ1v) is 5.92. The molecule has 0 spiro atoms. The molecule has 0 saturated heterocycles. The monoisotopic (exact) mass is 244 g/mol. The molecule has 1 atom stereocenters. The van der Waals surface area contributed by atoms with Crippen LogP contribution in [-0.4, -0.2) is 35.3 Å². The molecular weight excluding hydrogens is 228 g/mol. The van der Waals surface area contributed by atoms with Crippen molar-refractivity contribution in [2.45, 2.75) is 26.9 Å². The van der Waals surface area contributed by atoms with Crippen LogP contribution in [0.1, 0.15) is 29.2 Å². The number of hydrogen-bond acceptors (Lipinski definition) is 5. The Hall–Kier alpha value is -1.14. The van der Waals surface area contributed by atoms with E-state index in [9.17, 15) is 4.79 Å². The van der Waals surface area contributed by atoms with E-state index in [-0.39, 0.29) is 11.8 Å². The smallest absolute Gasteiger partial charge is 0.355 e. The number of carboxylic acids is 1. The molecular formula is C10H16N2O3S. The Labute approximate surface area is 98.5 Å². The van der Waals surface area contributed by atoms with Crippen molar-refractivity contribution in [1.82, 2.24) is 4.98 Å². The zero-order chi connectivity index (χ0) is 12.1. The molecule has 1 unspecified atom stereocenters. The molecule has 0 bridgehead atoms. The van der Waals surface area contributed by atoms with Gasteiger partial charge < -0.3 is 15.2 Å². The lowest BCUT2D eigenvalue weighted by atomic mass is 10.4. The number of hydrogen-bond donors (Lipinski definition) is 2. The van der Waals surface area contributed by atoms with E-state index in [0.717, 1.165) is 0 Å². The summed E-state index contributed by atoms with van der Waals surface area (Å²) in [6, 6.07) is 0. The van der Waals surface area contributed by atoms with E-state index in [4.69, 9.17) is 9.84 Å². The fourth-order valence-electron chi connectivity index (χ4n) is 1.24. The number of aromatic nitrogens is 1. The number of aromatic carboxylic acids is 1. The average Bonchev–Trinajstić information content (AvgIpc) is 2.57. The van der Waals surface area contributed by atoms with Gasteiger partial charge in [0.15, 0.2) is 10.8 Å². The maximum Gasteiger partial charge on any atom is 0.355 e. The Morgan fingerprint density at radius 3 is 2.88 bits per heavy atom. The van der Waals surface area contributed by atoms with E-state index in [1.807, 2.05) is 13.8 Å². The maximum atomic E-state index is 10.8. The summed E-state index contributed by atoms with van der Waals surface area (Å²) in [5.74, 6) is -0.986. The van der Waals surface area contributed by atoms with Crippen molar-refractivity contribution in [2.75, 3.05) is 18.5 Å². The highest BCUT2D eigenvalue weighted by Gasteiger charge is 2.14. The zero-order valence-electron chi connectivity index (χ0n) is 9.61. The Bertz CT molecular complexity index is 365.